The lowest BCUT2D eigenvalue weighted by Crippen LogP contribution is -2.47. The number of benzene rings is 1. The Hall–Kier alpha value is -2.12. The summed E-state index contributed by atoms with van der Waals surface area (Å²) in [7, 11) is 0. The fourth-order valence-corrected chi connectivity index (χ4v) is 2.99. The number of nitrogens with one attached hydrogen (secondary N) is 1. The highest BCUT2D eigenvalue weighted by molar-refractivity contribution is 6.30. The molecule has 2 heterocycles. The van der Waals surface area contributed by atoms with Crippen LogP contribution in [0.5, 0.6) is 0 Å². The molecule has 0 bridgehead atoms. The average Bonchev–Trinajstić information content (AvgIpc) is 2.80. The number of amides is 4. The normalized spacial score (nSPS) is 24.2. The maximum atomic E-state index is 12.8. The van der Waals surface area contributed by atoms with Crippen LogP contribution in [0, 0.1) is 0 Å². The highest BCUT2D eigenvalue weighted by Gasteiger charge is 2.49. The lowest BCUT2D eigenvalue weighted by Gasteiger charge is -2.28. The summed E-state index contributed by atoms with van der Waals surface area (Å²) >= 11 is 5.87. The zero-order valence-electron chi connectivity index (χ0n) is 13.3. The monoisotopic (exact) mass is 351 g/mol. The van der Waals surface area contributed by atoms with Gasteiger partial charge in [0.1, 0.15) is 12.1 Å². The fraction of sp³-hybridized carbons (Fsp3) is 0.438. The van der Waals surface area contributed by atoms with Gasteiger partial charge in [0.2, 0.25) is 5.91 Å². The van der Waals surface area contributed by atoms with Crippen molar-refractivity contribution >= 4 is 29.4 Å². The van der Waals surface area contributed by atoms with Crippen LogP contribution in [0.2, 0.25) is 5.02 Å². The van der Waals surface area contributed by atoms with Gasteiger partial charge in [0.05, 0.1) is 13.2 Å². The van der Waals surface area contributed by atoms with E-state index in [4.69, 9.17) is 16.3 Å². The van der Waals surface area contributed by atoms with E-state index in [1.807, 2.05) is 0 Å². The molecule has 1 N–H and O–H groups in total. The first-order valence-electron chi connectivity index (χ1n) is 7.67. The van der Waals surface area contributed by atoms with Crippen molar-refractivity contribution in [2.45, 2.75) is 12.5 Å². The van der Waals surface area contributed by atoms with Gasteiger partial charge in [0.25, 0.3) is 5.91 Å². The first-order valence-corrected chi connectivity index (χ1v) is 8.05. The van der Waals surface area contributed by atoms with Crippen molar-refractivity contribution < 1.29 is 19.1 Å². The number of carbonyl (C=O) groups excluding carboxylic acids is 3. The first-order chi connectivity index (χ1) is 11.4. The van der Waals surface area contributed by atoms with Crippen LogP contribution in [0.15, 0.2) is 24.3 Å². The van der Waals surface area contributed by atoms with Gasteiger partial charge in [-0.2, -0.15) is 0 Å². The van der Waals surface area contributed by atoms with Crippen molar-refractivity contribution in [1.82, 2.24) is 15.1 Å². The topological polar surface area (TPSA) is 79.0 Å². The summed E-state index contributed by atoms with van der Waals surface area (Å²) in [5.74, 6) is -0.710. The van der Waals surface area contributed by atoms with Crippen LogP contribution in [0.1, 0.15) is 12.5 Å². The predicted octanol–water partition coefficient (Wildman–Crippen LogP) is 0.966. The minimum Gasteiger partial charge on any atom is -0.378 e. The number of halogens is 1. The van der Waals surface area contributed by atoms with Gasteiger partial charge in [0.15, 0.2) is 0 Å². The van der Waals surface area contributed by atoms with E-state index in [1.54, 1.807) is 36.1 Å². The lowest BCUT2D eigenvalue weighted by atomic mass is 9.92. The van der Waals surface area contributed by atoms with Gasteiger partial charge in [-0.25, -0.2) is 4.79 Å². The number of hydrogen-bond donors (Lipinski definition) is 1. The molecule has 1 aromatic rings. The Balaban J connectivity index is 1.76. The average molecular weight is 352 g/mol. The second-order valence-electron chi connectivity index (χ2n) is 5.95. The Morgan fingerprint density at radius 1 is 1.25 bits per heavy atom. The highest BCUT2D eigenvalue weighted by Crippen LogP contribution is 2.29. The summed E-state index contributed by atoms with van der Waals surface area (Å²) in [6.07, 6.45) is 0. The van der Waals surface area contributed by atoms with Crippen molar-refractivity contribution in [1.29, 1.82) is 0 Å². The molecule has 2 aliphatic rings. The largest absolute Gasteiger partial charge is 0.378 e. The standard InChI is InChI=1S/C16H18ClN3O4/c1-16(11-2-4-12(17)5-3-11)14(22)20(15(23)18-16)10-13(21)19-6-8-24-9-7-19/h2-5H,6-10H2,1H3,(H,18,23)/t16-/m0/s1. The maximum Gasteiger partial charge on any atom is 0.325 e. The molecule has 0 aliphatic carbocycles. The molecule has 7 nitrogen and oxygen atoms in total. The second kappa shape index (κ2) is 6.41. The van der Waals surface area contributed by atoms with E-state index in [2.05, 4.69) is 5.32 Å². The molecule has 8 heteroatoms. The molecule has 0 aromatic heterocycles. The van der Waals surface area contributed by atoms with Crippen molar-refractivity contribution in [3.05, 3.63) is 34.9 Å². The Morgan fingerprint density at radius 3 is 2.50 bits per heavy atom. The predicted molar refractivity (Wildman–Crippen MR) is 86.4 cm³/mol. The molecule has 2 fully saturated rings. The molecule has 0 unspecified atom stereocenters. The van der Waals surface area contributed by atoms with E-state index in [0.29, 0.717) is 36.9 Å². The van der Waals surface area contributed by atoms with Crippen LogP contribution in [0.25, 0.3) is 0 Å². The summed E-state index contributed by atoms with van der Waals surface area (Å²) < 4.78 is 5.20. The van der Waals surface area contributed by atoms with Gasteiger partial charge in [0, 0.05) is 18.1 Å². The Morgan fingerprint density at radius 2 is 1.88 bits per heavy atom. The molecule has 0 radical (unpaired) electrons. The Bertz CT molecular complexity index is 672. The number of carbonyl (C=O) groups is 3. The van der Waals surface area contributed by atoms with Gasteiger partial charge in [-0.15, -0.1) is 0 Å². The molecule has 0 spiro atoms. The quantitative estimate of drug-likeness (QED) is 0.823. The van der Waals surface area contributed by atoms with Crippen LogP contribution in [0.4, 0.5) is 4.79 Å². The molecule has 4 amide bonds. The molecule has 128 valence electrons. The Labute approximate surface area is 144 Å². The number of rotatable bonds is 3. The third kappa shape index (κ3) is 2.97. The van der Waals surface area contributed by atoms with Crippen LogP contribution < -0.4 is 5.32 Å². The molecular weight excluding hydrogens is 334 g/mol. The molecule has 0 saturated carbocycles. The van der Waals surface area contributed by atoms with E-state index in [9.17, 15) is 14.4 Å². The summed E-state index contributed by atoms with van der Waals surface area (Å²) in [5, 5.41) is 3.21. The van der Waals surface area contributed by atoms with E-state index in [0.717, 1.165) is 4.90 Å². The lowest BCUT2D eigenvalue weighted by molar-refractivity contribution is -0.141. The molecule has 1 aromatic carbocycles. The van der Waals surface area contributed by atoms with Crippen molar-refractivity contribution in [2.24, 2.45) is 0 Å². The Kier molecular flexibility index (Phi) is 4.47. The zero-order valence-corrected chi connectivity index (χ0v) is 14.0. The van der Waals surface area contributed by atoms with Crippen LogP contribution in [0.3, 0.4) is 0 Å². The van der Waals surface area contributed by atoms with E-state index in [-0.39, 0.29) is 12.5 Å². The van der Waals surface area contributed by atoms with Gasteiger partial charge < -0.3 is 15.0 Å². The SMILES string of the molecule is C[C@@]1(c2ccc(Cl)cc2)NC(=O)N(CC(=O)N2CCOCC2)C1=O. The first kappa shape index (κ1) is 16.7. The number of urea groups is 1. The van der Waals surface area contributed by atoms with Crippen molar-refractivity contribution in [3.8, 4) is 0 Å². The van der Waals surface area contributed by atoms with Crippen LogP contribution in [-0.2, 0) is 19.9 Å². The number of hydrogen-bond acceptors (Lipinski definition) is 4. The van der Waals surface area contributed by atoms with Crippen molar-refractivity contribution in [2.75, 3.05) is 32.8 Å². The number of imide groups is 1. The van der Waals surface area contributed by atoms with E-state index < -0.39 is 17.5 Å². The second-order valence-corrected chi connectivity index (χ2v) is 6.38. The molecule has 2 saturated heterocycles. The van der Waals surface area contributed by atoms with Gasteiger partial charge in [-0.3, -0.25) is 14.5 Å². The molecule has 2 aliphatic heterocycles. The molecule has 24 heavy (non-hydrogen) atoms. The minimum atomic E-state index is -1.20. The molecular formula is C16H18ClN3O4. The van der Waals surface area contributed by atoms with E-state index in [1.165, 1.54) is 0 Å². The van der Waals surface area contributed by atoms with E-state index >= 15 is 0 Å². The number of ether oxygens (including phenoxy) is 1. The summed E-state index contributed by atoms with van der Waals surface area (Å²) in [4.78, 5) is 39.9. The molecule has 3 rings (SSSR count). The summed E-state index contributed by atoms with van der Waals surface area (Å²) in [5.41, 5.74) is -0.584. The van der Waals surface area contributed by atoms with Crippen LogP contribution in [-0.4, -0.2) is 60.5 Å². The highest BCUT2D eigenvalue weighted by atomic mass is 35.5. The van der Waals surface area contributed by atoms with Gasteiger partial charge in [-0.05, 0) is 24.6 Å². The number of nitrogens with zero attached hydrogens (tertiary/aromatic N) is 2. The minimum absolute atomic E-state index is 0.262. The summed E-state index contributed by atoms with van der Waals surface area (Å²) in [6.45, 7) is 3.22. The number of morpholine rings is 1. The third-order valence-electron chi connectivity index (χ3n) is 4.35. The molecule has 1 atom stereocenters. The smallest absolute Gasteiger partial charge is 0.325 e. The fourth-order valence-electron chi connectivity index (χ4n) is 2.87. The van der Waals surface area contributed by atoms with Crippen LogP contribution >= 0.6 is 11.6 Å². The maximum absolute atomic E-state index is 12.8. The van der Waals surface area contributed by atoms with Crippen molar-refractivity contribution in [3.63, 3.8) is 0 Å². The van der Waals surface area contributed by atoms with Gasteiger partial charge >= 0.3 is 6.03 Å². The summed E-state index contributed by atoms with van der Waals surface area (Å²) in [6, 6.07) is 6.12. The third-order valence-corrected chi connectivity index (χ3v) is 4.61. The zero-order chi connectivity index (χ0) is 17.3. The van der Waals surface area contributed by atoms with Gasteiger partial charge in [-0.1, -0.05) is 23.7 Å².